The van der Waals surface area contributed by atoms with Crippen molar-refractivity contribution in [3.05, 3.63) is 46.2 Å². The highest BCUT2D eigenvalue weighted by Gasteiger charge is 2.21. The summed E-state index contributed by atoms with van der Waals surface area (Å²) in [7, 11) is 3.44. The van der Waals surface area contributed by atoms with Crippen LogP contribution in [-0.2, 0) is 7.05 Å². The Bertz CT molecular complexity index is 665. The van der Waals surface area contributed by atoms with Gasteiger partial charge in [-0.1, -0.05) is 29.3 Å². The van der Waals surface area contributed by atoms with Crippen molar-refractivity contribution in [2.24, 2.45) is 7.05 Å². The van der Waals surface area contributed by atoms with E-state index in [2.05, 4.69) is 5.10 Å². The second-order valence-corrected chi connectivity index (χ2v) is 5.62. The molecule has 1 amide bonds. The van der Waals surface area contributed by atoms with E-state index in [9.17, 15) is 4.79 Å². The fourth-order valence-electron chi connectivity index (χ4n) is 2.10. The van der Waals surface area contributed by atoms with Crippen molar-refractivity contribution in [1.82, 2.24) is 14.7 Å². The van der Waals surface area contributed by atoms with E-state index in [1.807, 2.05) is 31.2 Å². The number of carbonyl (C=O) groups excluding carboxylic acids is 1. The molecule has 0 spiro atoms. The van der Waals surface area contributed by atoms with Crippen molar-refractivity contribution in [1.29, 1.82) is 0 Å². The van der Waals surface area contributed by atoms with Gasteiger partial charge in [-0.3, -0.25) is 9.48 Å². The van der Waals surface area contributed by atoms with Crippen LogP contribution in [0.5, 0.6) is 5.75 Å². The van der Waals surface area contributed by atoms with Crippen LogP contribution in [0.4, 0.5) is 0 Å². The van der Waals surface area contributed by atoms with Gasteiger partial charge in [0.05, 0.1) is 17.8 Å². The molecule has 0 radical (unpaired) electrons. The molecule has 22 heavy (non-hydrogen) atoms. The van der Waals surface area contributed by atoms with E-state index < -0.39 is 0 Å². The lowest BCUT2D eigenvalue weighted by molar-refractivity contribution is 0.0773. The Hall–Kier alpha value is -2.01. The summed E-state index contributed by atoms with van der Waals surface area (Å²) in [5.74, 6) is 0.644. The lowest BCUT2D eigenvalue weighted by atomic mass is 10.2. The Morgan fingerprint density at radius 1 is 1.32 bits per heavy atom. The zero-order chi connectivity index (χ0) is 16.3. The molecule has 118 valence electrons. The standard InChI is InChI=1S/C16H20ClN3O2/c1-11-5-7-13(8-6-11)22-10-9-19(3)16(21)14-12(2)18-20(4)15(14)17/h5-8H,9-10H2,1-4H3. The van der Waals surface area contributed by atoms with E-state index in [4.69, 9.17) is 16.3 Å². The first-order valence-electron chi connectivity index (χ1n) is 7.04. The number of carbonyl (C=O) groups is 1. The largest absolute Gasteiger partial charge is 0.492 e. The van der Waals surface area contributed by atoms with Crippen molar-refractivity contribution < 1.29 is 9.53 Å². The van der Waals surface area contributed by atoms with Crippen molar-refractivity contribution in [2.75, 3.05) is 20.2 Å². The molecule has 6 heteroatoms. The topological polar surface area (TPSA) is 47.4 Å². The number of benzene rings is 1. The second-order valence-electron chi connectivity index (χ2n) is 5.26. The molecule has 0 N–H and O–H groups in total. The molecule has 0 unspecified atom stereocenters. The minimum absolute atomic E-state index is 0.150. The summed E-state index contributed by atoms with van der Waals surface area (Å²) in [6.45, 7) is 4.69. The summed E-state index contributed by atoms with van der Waals surface area (Å²) in [5.41, 5.74) is 2.26. The van der Waals surface area contributed by atoms with E-state index in [0.717, 1.165) is 5.75 Å². The molecule has 0 aliphatic heterocycles. The Labute approximate surface area is 135 Å². The lowest BCUT2D eigenvalue weighted by Gasteiger charge is -2.17. The number of aromatic nitrogens is 2. The average molecular weight is 322 g/mol. The molecule has 0 saturated heterocycles. The highest BCUT2D eigenvalue weighted by atomic mass is 35.5. The molecular formula is C16H20ClN3O2. The third kappa shape index (κ3) is 3.60. The van der Waals surface area contributed by atoms with Crippen LogP contribution in [-0.4, -0.2) is 40.8 Å². The SMILES string of the molecule is Cc1ccc(OCCN(C)C(=O)c2c(C)nn(C)c2Cl)cc1. The molecule has 1 aromatic heterocycles. The molecule has 0 bridgehead atoms. The number of aryl methyl sites for hydroxylation is 3. The van der Waals surface area contributed by atoms with Crippen LogP contribution < -0.4 is 4.74 Å². The Kier molecular flexibility index (Phi) is 5.08. The maximum atomic E-state index is 12.4. The summed E-state index contributed by atoms with van der Waals surface area (Å²) in [5, 5.41) is 4.51. The molecule has 2 aromatic rings. The number of nitrogens with zero attached hydrogens (tertiary/aromatic N) is 3. The van der Waals surface area contributed by atoms with Gasteiger partial charge in [0.15, 0.2) is 0 Å². The maximum absolute atomic E-state index is 12.4. The van der Waals surface area contributed by atoms with Crippen molar-refractivity contribution in [3.63, 3.8) is 0 Å². The highest BCUT2D eigenvalue weighted by molar-refractivity contribution is 6.33. The van der Waals surface area contributed by atoms with Crippen LogP contribution in [0, 0.1) is 13.8 Å². The normalized spacial score (nSPS) is 10.6. The quantitative estimate of drug-likeness (QED) is 0.850. The number of ether oxygens (including phenoxy) is 1. The third-order valence-corrected chi connectivity index (χ3v) is 3.86. The average Bonchev–Trinajstić information content (AvgIpc) is 2.73. The van der Waals surface area contributed by atoms with Gasteiger partial charge in [0.25, 0.3) is 5.91 Å². The van der Waals surface area contributed by atoms with Crippen LogP contribution in [0.15, 0.2) is 24.3 Å². The van der Waals surface area contributed by atoms with Crippen molar-refractivity contribution in [3.8, 4) is 5.75 Å². The van der Waals surface area contributed by atoms with Crippen molar-refractivity contribution in [2.45, 2.75) is 13.8 Å². The molecule has 1 heterocycles. The van der Waals surface area contributed by atoms with Crippen LogP contribution in [0.1, 0.15) is 21.6 Å². The second kappa shape index (κ2) is 6.83. The Morgan fingerprint density at radius 2 is 1.95 bits per heavy atom. The zero-order valence-electron chi connectivity index (χ0n) is 13.3. The van der Waals surface area contributed by atoms with Gasteiger partial charge < -0.3 is 9.64 Å². The van der Waals surface area contributed by atoms with Gasteiger partial charge in [0, 0.05) is 14.1 Å². The smallest absolute Gasteiger partial charge is 0.258 e. The van der Waals surface area contributed by atoms with Gasteiger partial charge in [-0.2, -0.15) is 5.10 Å². The van der Waals surface area contributed by atoms with Gasteiger partial charge in [0.2, 0.25) is 0 Å². The van der Waals surface area contributed by atoms with Crippen molar-refractivity contribution >= 4 is 17.5 Å². The van der Waals surface area contributed by atoms with Gasteiger partial charge in [-0.05, 0) is 26.0 Å². The Balaban J connectivity index is 1.93. The number of hydrogen-bond donors (Lipinski definition) is 0. The number of hydrogen-bond acceptors (Lipinski definition) is 3. The molecular weight excluding hydrogens is 302 g/mol. The summed E-state index contributed by atoms with van der Waals surface area (Å²) < 4.78 is 7.14. The molecule has 0 aliphatic rings. The predicted molar refractivity (Wildman–Crippen MR) is 86.6 cm³/mol. The Morgan fingerprint density at radius 3 is 2.50 bits per heavy atom. The van der Waals surface area contributed by atoms with Gasteiger partial charge >= 0.3 is 0 Å². The number of rotatable bonds is 5. The molecule has 5 nitrogen and oxygen atoms in total. The molecule has 2 rings (SSSR count). The van der Waals surface area contributed by atoms with Gasteiger partial charge in [-0.15, -0.1) is 0 Å². The van der Waals surface area contributed by atoms with E-state index in [0.29, 0.717) is 29.6 Å². The molecule has 1 aromatic carbocycles. The molecule has 0 atom stereocenters. The highest BCUT2D eigenvalue weighted by Crippen LogP contribution is 2.20. The summed E-state index contributed by atoms with van der Waals surface area (Å²) in [6.07, 6.45) is 0. The first kappa shape index (κ1) is 16.4. The van der Waals surface area contributed by atoms with E-state index in [1.165, 1.54) is 10.2 Å². The third-order valence-electron chi connectivity index (χ3n) is 3.43. The number of amides is 1. The van der Waals surface area contributed by atoms with Crippen LogP contribution in [0.3, 0.4) is 0 Å². The van der Waals surface area contributed by atoms with Crippen LogP contribution in [0.2, 0.25) is 5.15 Å². The van der Waals surface area contributed by atoms with E-state index in [-0.39, 0.29) is 5.91 Å². The molecule has 0 aliphatic carbocycles. The minimum Gasteiger partial charge on any atom is -0.492 e. The van der Waals surface area contributed by atoms with Crippen LogP contribution >= 0.6 is 11.6 Å². The first-order chi connectivity index (χ1) is 10.4. The van der Waals surface area contributed by atoms with E-state index in [1.54, 1.807) is 25.9 Å². The minimum atomic E-state index is -0.150. The first-order valence-corrected chi connectivity index (χ1v) is 7.42. The molecule has 0 saturated carbocycles. The summed E-state index contributed by atoms with van der Waals surface area (Å²) >= 11 is 6.12. The van der Waals surface area contributed by atoms with Gasteiger partial charge in [0.1, 0.15) is 17.5 Å². The lowest BCUT2D eigenvalue weighted by Crippen LogP contribution is -2.31. The summed E-state index contributed by atoms with van der Waals surface area (Å²) in [4.78, 5) is 14.0. The zero-order valence-corrected chi connectivity index (χ0v) is 14.0. The van der Waals surface area contributed by atoms with Gasteiger partial charge in [-0.25, -0.2) is 0 Å². The van der Waals surface area contributed by atoms with Crippen LogP contribution in [0.25, 0.3) is 0 Å². The van der Waals surface area contributed by atoms with E-state index >= 15 is 0 Å². The number of halogens is 1. The maximum Gasteiger partial charge on any atom is 0.258 e. The monoisotopic (exact) mass is 321 g/mol. The molecule has 0 fully saturated rings. The fraction of sp³-hybridized carbons (Fsp3) is 0.375. The number of likely N-dealkylation sites (N-methyl/N-ethyl adjacent to an activating group) is 1. The predicted octanol–water partition coefficient (Wildman–Crippen LogP) is 2.84. The summed E-state index contributed by atoms with van der Waals surface area (Å²) in [6, 6.07) is 7.81. The fourth-order valence-corrected chi connectivity index (χ4v) is 2.36.